The Balaban J connectivity index is 1.35. The van der Waals surface area contributed by atoms with E-state index in [9.17, 15) is 13.2 Å². The van der Waals surface area contributed by atoms with Crippen molar-refractivity contribution in [3.05, 3.63) is 36.3 Å². The molecule has 2 saturated heterocycles. The summed E-state index contributed by atoms with van der Waals surface area (Å²) in [5, 5.41) is 3.92. The fourth-order valence-corrected chi connectivity index (χ4v) is 5.18. The van der Waals surface area contributed by atoms with Gasteiger partial charge in [0.1, 0.15) is 9.84 Å². The van der Waals surface area contributed by atoms with E-state index >= 15 is 0 Å². The van der Waals surface area contributed by atoms with Crippen molar-refractivity contribution in [2.45, 2.75) is 18.9 Å². The van der Waals surface area contributed by atoms with Gasteiger partial charge in [-0.25, -0.2) is 8.42 Å². The lowest BCUT2D eigenvalue weighted by molar-refractivity contribution is 0.0549. The fourth-order valence-electron chi connectivity index (χ4n) is 3.72. The molecule has 1 amide bonds. The maximum Gasteiger partial charge on any atom is 0.276 e. The molecule has 0 aliphatic carbocycles. The molecule has 4 rings (SSSR count). The monoisotopic (exact) mass is 390 g/mol. The number of sulfone groups is 1. The van der Waals surface area contributed by atoms with Crippen LogP contribution in [0.3, 0.4) is 0 Å². The third kappa shape index (κ3) is 4.03. The summed E-state index contributed by atoms with van der Waals surface area (Å²) in [5.41, 5.74) is 1.08. The molecule has 2 fully saturated rings. The number of amides is 1. The summed E-state index contributed by atoms with van der Waals surface area (Å²) in [6.07, 6.45) is 4.72. The van der Waals surface area contributed by atoms with Crippen molar-refractivity contribution in [1.29, 1.82) is 0 Å². The number of carbonyl (C=O) groups is 1. The number of hydrogen-bond acceptors (Lipinski definition) is 7. The average Bonchev–Trinajstić information content (AvgIpc) is 3.19. The van der Waals surface area contributed by atoms with E-state index in [-0.39, 0.29) is 17.4 Å². The molecule has 0 spiro atoms. The van der Waals surface area contributed by atoms with Crippen LogP contribution in [0.25, 0.3) is 11.3 Å². The molecule has 27 heavy (non-hydrogen) atoms. The summed E-state index contributed by atoms with van der Waals surface area (Å²) in [4.78, 5) is 20.8. The number of nitrogens with zero attached hydrogens (tertiary/aromatic N) is 4. The van der Waals surface area contributed by atoms with Gasteiger partial charge in [-0.15, -0.1) is 0 Å². The number of hydrogen-bond donors (Lipinski definition) is 0. The molecule has 144 valence electrons. The second kappa shape index (κ2) is 7.40. The molecular formula is C18H22N4O4S. The standard InChI is InChI=1S/C18H22N4O4S/c23-18(16-12-17(26-20-16)14-2-1-5-19-13-14)22-8-6-21(7-9-22)15-3-10-27(24,25)11-4-15/h1-2,5,12-13,15H,3-4,6-11H2. The van der Waals surface area contributed by atoms with Crippen LogP contribution >= 0.6 is 0 Å². The van der Waals surface area contributed by atoms with Crippen molar-refractivity contribution in [3.8, 4) is 11.3 Å². The van der Waals surface area contributed by atoms with E-state index in [1.807, 2.05) is 6.07 Å². The van der Waals surface area contributed by atoms with Gasteiger partial charge in [0.25, 0.3) is 5.91 Å². The van der Waals surface area contributed by atoms with Crippen molar-refractivity contribution < 1.29 is 17.7 Å². The van der Waals surface area contributed by atoms with Gasteiger partial charge in [-0.3, -0.25) is 14.7 Å². The summed E-state index contributed by atoms with van der Waals surface area (Å²) in [6.45, 7) is 2.72. The Labute approximate surface area is 158 Å². The number of pyridine rings is 1. The zero-order valence-electron chi connectivity index (χ0n) is 15.0. The van der Waals surface area contributed by atoms with E-state index in [0.29, 0.717) is 43.4 Å². The van der Waals surface area contributed by atoms with Crippen molar-refractivity contribution >= 4 is 15.7 Å². The normalized spacial score (nSPS) is 21.3. The van der Waals surface area contributed by atoms with Gasteiger partial charge in [-0.05, 0) is 25.0 Å². The highest BCUT2D eigenvalue weighted by Crippen LogP contribution is 2.22. The Hall–Kier alpha value is -2.26. The summed E-state index contributed by atoms with van der Waals surface area (Å²) in [5.74, 6) is 0.924. The van der Waals surface area contributed by atoms with E-state index in [0.717, 1.165) is 18.7 Å². The predicted molar refractivity (Wildman–Crippen MR) is 98.9 cm³/mol. The SMILES string of the molecule is O=C(c1cc(-c2cccnc2)on1)N1CCN(C2CCS(=O)(=O)CC2)CC1. The van der Waals surface area contributed by atoms with Crippen LogP contribution in [0, 0.1) is 0 Å². The van der Waals surface area contributed by atoms with Gasteiger partial charge in [-0.1, -0.05) is 5.16 Å². The molecule has 8 nitrogen and oxygen atoms in total. The van der Waals surface area contributed by atoms with Crippen LogP contribution in [0.1, 0.15) is 23.3 Å². The van der Waals surface area contributed by atoms with Gasteiger partial charge in [0.05, 0.1) is 11.5 Å². The van der Waals surface area contributed by atoms with Crippen LogP contribution < -0.4 is 0 Å². The molecule has 0 radical (unpaired) electrons. The van der Waals surface area contributed by atoms with Crippen molar-refractivity contribution in [2.75, 3.05) is 37.7 Å². The van der Waals surface area contributed by atoms with E-state index in [1.165, 1.54) is 0 Å². The molecule has 2 aromatic heterocycles. The molecule has 9 heteroatoms. The molecule has 4 heterocycles. The van der Waals surface area contributed by atoms with Crippen molar-refractivity contribution in [1.82, 2.24) is 19.9 Å². The molecule has 2 aliphatic rings. The van der Waals surface area contributed by atoms with E-state index in [4.69, 9.17) is 4.52 Å². The van der Waals surface area contributed by atoms with Crippen molar-refractivity contribution in [2.24, 2.45) is 0 Å². The van der Waals surface area contributed by atoms with E-state index in [2.05, 4.69) is 15.0 Å². The lowest BCUT2D eigenvalue weighted by Crippen LogP contribution is -2.53. The first-order chi connectivity index (χ1) is 13.0. The van der Waals surface area contributed by atoms with Gasteiger partial charge < -0.3 is 9.42 Å². The summed E-state index contributed by atoms with van der Waals surface area (Å²) in [7, 11) is -2.85. The zero-order valence-corrected chi connectivity index (χ0v) is 15.8. The van der Waals surface area contributed by atoms with Gasteiger partial charge in [-0.2, -0.15) is 0 Å². The van der Waals surface area contributed by atoms with Gasteiger partial charge in [0.15, 0.2) is 11.5 Å². The lowest BCUT2D eigenvalue weighted by atomic mass is 10.1. The highest BCUT2D eigenvalue weighted by molar-refractivity contribution is 7.91. The Morgan fingerprint density at radius 1 is 1.15 bits per heavy atom. The second-order valence-electron chi connectivity index (χ2n) is 7.03. The quantitative estimate of drug-likeness (QED) is 0.773. The fraction of sp³-hybridized carbons (Fsp3) is 0.500. The zero-order chi connectivity index (χ0) is 18.9. The smallest absolute Gasteiger partial charge is 0.276 e. The van der Waals surface area contributed by atoms with E-state index in [1.54, 1.807) is 29.4 Å². The molecule has 0 atom stereocenters. The van der Waals surface area contributed by atoms with Gasteiger partial charge in [0, 0.05) is 56.2 Å². The maximum atomic E-state index is 12.7. The molecule has 0 N–H and O–H groups in total. The predicted octanol–water partition coefficient (Wildman–Crippen LogP) is 1.07. The minimum absolute atomic E-state index is 0.139. The summed E-state index contributed by atoms with van der Waals surface area (Å²) in [6, 6.07) is 5.60. The first kappa shape index (κ1) is 18.1. The first-order valence-corrected chi connectivity index (χ1v) is 10.9. The Bertz CT molecular complexity index is 890. The van der Waals surface area contributed by atoms with Crippen LogP contribution in [-0.2, 0) is 9.84 Å². The summed E-state index contributed by atoms with van der Waals surface area (Å²) < 4.78 is 28.5. The van der Waals surface area contributed by atoms with Gasteiger partial charge in [0.2, 0.25) is 0 Å². The van der Waals surface area contributed by atoms with Crippen molar-refractivity contribution in [3.63, 3.8) is 0 Å². The minimum Gasteiger partial charge on any atom is -0.355 e. The average molecular weight is 390 g/mol. The highest BCUT2D eigenvalue weighted by atomic mass is 32.2. The van der Waals surface area contributed by atoms with Gasteiger partial charge >= 0.3 is 0 Å². The second-order valence-corrected chi connectivity index (χ2v) is 9.33. The number of rotatable bonds is 3. The third-order valence-electron chi connectivity index (χ3n) is 5.32. The molecule has 0 bridgehead atoms. The molecular weight excluding hydrogens is 368 g/mol. The molecule has 0 aromatic carbocycles. The Kier molecular flexibility index (Phi) is 4.96. The number of aromatic nitrogens is 2. The van der Waals surface area contributed by atoms with Crippen LogP contribution in [-0.4, -0.2) is 78.0 Å². The third-order valence-corrected chi connectivity index (χ3v) is 7.03. The lowest BCUT2D eigenvalue weighted by Gasteiger charge is -2.40. The molecule has 2 aliphatic heterocycles. The molecule has 0 unspecified atom stereocenters. The number of piperazine rings is 1. The van der Waals surface area contributed by atoms with Crippen LogP contribution in [0.2, 0.25) is 0 Å². The topological polar surface area (TPSA) is 96.6 Å². The Morgan fingerprint density at radius 2 is 1.89 bits per heavy atom. The van der Waals surface area contributed by atoms with Crippen LogP contribution in [0.15, 0.2) is 35.1 Å². The largest absolute Gasteiger partial charge is 0.355 e. The minimum atomic E-state index is -2.85. The van der Waals surface area contributed by atoms with Crippen LogP contribution in [0.5, 0.6) is 0 Å². The number of carbonyl (C=O) groups excluding carboxylic acids is 1. The Morgan fingerprint density at radius 3 is 2.56 bits per heavy atom. The summed E-state index contributed by atoms with van der Waals surface area (Å²) >= 11 is 0. The van der Waals surface area contributed by atoms with Crippen LogP contribution in [0.4, 0.5) is 0 Å². The molecule has 2 aromatic rings. The highest BCUT2D eigenvalue weighted by Gasteiger charge is 2.31. The maximum absolute atomic E-state index is 12.7. The van der Waals surface area contributed by atoms with E-state index < -0.39 is 9.84 Å². The first-order valence-electron chi connectivity index (χ1n) is 9.13. The molecule has 0 saturated carbocycles.